The quantitative estimate of drug-likeness (QED) is 0.889. The number of carbonyl (C=O) groups excluding carboxylic acids is 1. The van der Waals surface area contributed by atoms with Gasteiger partial charge in [0.25, 0.3) is 5.91 Å². The van der Waals surface area contributed by atoms with Crippen molar-refractivity contribution in [3.8, 4) is 0 Å². The highest BCUT2D eigenvalue weighted by Crippen LogP contribution is 2.28. The fraction of sp³-hybridized carbons (Fsp3) is 0.500. The van der Waals surface area contributed by atoms with Crippen molar-refractivity contribution in [1.82, 2.24) is 20.1 Å². The number of nitrogens with one attached hydrogen (secondary N) is 2. The first kappa shape index (κ1) is 16.5. The van der Waals surface area contributed by atoms with Gasteiger partial charge in [-0.05, 0) is 25.9 Å². The van der Waals surface area contributed by atoms with Crippen LogP contribution in [0.2, 0.25) is 0 Å². The van der Waals surface area contributed by atoms with Crippen LogP contribution in [0.1, 0.15) is 35.0 Å². The number of hydrogen-bond acceptors (Lipinski definition) is 5. The third-order valence-electron chi connectivity index (χ3n) is 3.75. The lowest BCUT2D eigenvalue weighted by Crippen LogP contribution is -2.27. The molecule has 2 aromatic rings. The van der Waals surface area contributed by atoms with E-state index in [2.05, 4.69) is 20.7 Å². The summed E-state index contributed by atoms with van der Waals surface area (Å²) in [6, 6.07) is 0. The van der Waals surface area contributed by atoms with Crippen LogP contribution in [0.5, 0.6) is 0 Å². The molecular formula is C14H16F3N5O2. The number of amides is 1. The molecule has 3 rings (SSSR count). The molecule has 2 aromatic heterocycles. The predicted molar refractivity (Wildman–Crippen MR) is 77.6 cm³/mol. The minimum atomic E-state index is -4.37. The van der Waals surface area contributed by atoms with Crippen LogP contribution in [0.15, 0.2) is 23.2 Å². The first-order valence-electron chi connectivity index (χ1n) is 7.47. The molecule has 24 heavy (non-hydrogen) atoms. The van der Waals surface area contributed by atoms with Crippen LogP contribution in [0.4, 0.5) is 18.9 Å². The normalized spacial score (nSPS) is 16.3. The summed E-state index contributed by atoms with van der Waals surface area (Å²) in [5.41, 5.74) is 0.328. The molecule has 7 nitrogen and oxygen atoms in total. The molecule has 1 fully saturated rings. The molecule has 3 heterocycles. The van der Waals surface area contributed by atoms with Gasteiger partial charge in [0.1, 0.15) is 12.3 Å². The Morgan fingerprint density at radius 1 is 1.42 bits per heavy atom. The summed E-state index contributed by atoms with van der Waals surface area (Å²) in [6.07, 6.45) is 0.780. The molecule has 0 aliphatic carbocycles. The number of carbonyl (C=O) groups is 1. The number of oxazole rings is 1. The van der Waals surface area contributed by atoms with Gasteiger partial charge in [-0.15, -0.1) is 0 Å². The molecule has 0 bridgehead atoms. The van der Waals surface area contributed by atoms with Gasteiger partial charge in [0.15, 0.2) is 12.1 Å². The smallest absolute Gasteiger partial charge is 0.408 e. The first-order chi connectivity index (χ1) is 11.4. The molecular weight excluding hydrogens is 327 g/mol. The van der Waals surface area contributed by atoms with Crippen LogP contribution < -0.4 is 10.6 Å². The van der Waals surface area contributed by atoms with E-state index in [0.29, 0.717) is 10.4 Å². The van der Waals surface area contributed by atoms with E-state index < -0.39 is 18.6 Å². The molecule has 1 amide bonds. The summed E-state index contributed by atoms with van der Waals surface area (Å²) in [4.78, 5) is 16.3. The predicted octanol–water partition coefficient (Wildman–Crippen LogP) is 2.15. The largest absolute Gasteiger partial charge is 0.447 e. The van der Waals surface area contributed by atoms with Crippen LogP contribution in [-0.4, -0.2) is 39.9 Å². The molecule has 10 heteroatoms. The number of piperidine rings is 1. The van der Waals surface area contributed by atoms with Gasteiger partial charge < -0.3 is 15.1 Å². The molecule has 0 saturated carbocycles. The molecule has 0 atom stereocenters. The van der Waals surface area contributed by atoms with Crippen LogP contribution in [0.3, 0.4) is 0 Å². The fourth-order valence-electron chi connectivity index (χ4n) is 2.69. The Morgan fingerprint density at radius 2 is 2.17 bits per heavy atom. The van der Waals surface area contributed by atoms with Gasteiger partial charge in [-0.2, -0.15) is 18.3 Å². The molecule has 1 saturated heterocycles. The molecule has 0 unspecified atom stereocenters. The maximum Gasteiger partial charge on any atom is 0.408 e. The zero-order valence-corrected chi connectivity index (χ0v) is 12.6. The lowest BCUT2D eigenvalue weighted by Gasteiger charge is -2.20. The molecule has 2 N–H and O–H groups in total. The number of hydrogen-bond donors (Lipinski definition) is 2. The van der Waals surface area contributed by atoms with Crippen molar-refractivity contribution in [2.75, 3.05) is 18.4 Å². The summed E-state index contributed by atoms with van der Waals surface area (Å²) < 4.78 is 43.0. The van der Waals surface area contributed by atoms with E-state index in [1.807, 2.05) is 0 Å². The van der Waals surface area contributed by atoms with Crippen LogP contribution in [0.25, 0.3) is 0 Å². The fourth-order valence-corrected chi connectivity index (χ4v) is 2.69. The SMILES string of the molecule is O=C(Nc1cnn(CC(F)(F)F)c1)c1ncoc1C1CCNCC1. The number of anilines is 1. The Hall–Kier alpha value is -2.36. The Kier molecular flexibility index (Phi) is 4.56. The highest BCUT2D eigenvalue weighted by molar-refractivity contribution is 6.03. The second kappa shape index (κ2) is 6.63. The van der Waals surface area contributed by atoms with Crippen molar-refractivity contribution in [2.24, 2.45) is 0 Å². The number of aromatic nitrogens is 3. The van der Waals surface area contributed by atoms with E-state index in [0.717, 1.165) is 38.3 Å². The number of halogens is 3. The van der Waals surface area contributed by atoms with E-state index in [9.17, 15) is 18.0 Å². The maximum atomic E-state index is 12.3. The Labute approximate surface area is 135 Å². The summed E-state index contributed by atoms with van der Waals surface area (Å²) in [7, 11) is 0. The van der Waals surface area contributed by atoms with Crippen molar-refractivity contribution in [2.45, 2.75) is 31.5 Å². The Morgan fingerprint density at radius 3 is 2.88 bits per heavy atom. The van der Waals surface area contributed by atoms with Gasteiger partial charge in [0, 0.05) is 12.1 Å². The van der Waals surface area contributed by atoms with Gasteiger partial charge in [0.05, 0.1) is 11.9 Å². The highest BCUT2D eigenvalue weighted by Gasteiger charge is 2.29. The topological polar surface area (TPSA) is 85.0 Å². The summed E-state index contributed by atoms with van der Waals surface area (Å²) in [5, 5.41) is 9.30. The van der Waals surface area contributed by atoms with Gasteiger partial charge in [-0.1, -0.05) is 0 Å². The average Bonchev–Trinajstić information content (AvgIpc) is 3.16. The van der Waals surface area contributed by atoms with E-state index in [1.54, 1.807) is 0 Å². The lowest BCUT2D eigenvalue weighted by molar-refractivity contribution is -0.142. The van der Waals surface area contributed by atoms with Crippen molar-refractivity contribution < 1.29 is 22.4 Å². The minimum Gasteiger partial charge on any atom is -0.447 e. The zero-order chi connectivity index (χ0) is 17.2. The van der Waals surface area contributed by atoms with Gasteiger partial charge >= 0.3 is 6.18 Å². The maximum absolute atomic E-state index is 12.3. The number of rotatable bonds is 4. The monoisotopic (exact) mass is 343 g/mol. The van der Waals surface area contributed by atoms with Gasteiger partial charge in [-0.3, -0.25) is 9.48 Å². The molecule has 1 aliphatic rings. The summed E-state index contributed by atoms with van der Waals surface area (Å²) in [6.45, 7) is 0.445. The van der Waals surface area contributed by atoms with Crippen molar-refractivity contribution in [1.29, 1.82) is 0 Å². The average molecular weight is 343 g/mol. The molecule has 0 aromatic carbocycles. The zero-order valence-electron chi connectivity index (χ0n) is 12.6. The third-order valence-corrected chi connectivity index (χ3v) is 3.75. The first-order valence-corrected chi connectivity index (χ1v) is 7.47. The highest BCUT2D eigenvalue weighted by atomic mass is 19.4. The minimum absolute atomic E-state index is 0.0995. The molecule has 0 radical (unpaired) electrons. The van der Waals surface area contributed by atoms with E-state index in [4.69, 9.17) is 4.42 Å². The van der Waals surface area contributed by atoms with E-state index >= 15 is 0 Å². The second-order valence-electron chi connectivity index (χ2n) is 5.59. The second-order valence-corrected chi connectivity index (χ2v) is 5.59. The Balaban J connectivity index is 1.68. The molecule has 0 spiro atoms. The summed E-state index contributed by atoms with van der Waals surface area (Å²) in [5.74, 6) is 0.0861. The van der Waals surface area contributed by atoms with Crippen LogP contribution in [-0.2, 0) is 6.54 Å². The number of alkyl halides is 3. The summed E-state index contributed by atoms with van der Waals surface area (Å²) >= 11 is 0. The van der Waals surface area contributed by atoms with E-state index in [1.165, 1.54) is 6.39 Å². The Bertz CT molecular complexity index is 703. The standard InChI is InChI=1S/C14H16F3N5O2/c15-14(16,17)7-22-6-10(5-20-22)21-13(23)11-12(24-8-19-11)9-1-3-18-4-2-9/h5-6,8-9,18H,1-4,7H2,(H,21,23). The third kappa shape index (κ3) is 3.94. The van der Waals surface area contributed by atoms with Gasteiger partial charge in [0.2, 0.25) is 0 Å². The van der Waals surface area contributed by atoms with Crippen molar-refractivity contribution >= 4 is 11.6 Å². The van der Waals surface area contributed by atoms with Crippen LogP contribution >= 0.6 is 0 Å². The lowest BCUT2D eigenvalue weighted by atomic mass is 9.94. The van der Waals surface area contributed by atoms with Gasteiger partial charge in [-0.25, -0.2) is 4.98 Å². The van der Waals surface area contributed by atoms with Crippen molar-refractivity contribution in [3.05, 3.63) is 30.2 Å². The van der Waals surface area contributed by atoms with E-state index in [-0.39, 0.29) is 17.3 Å². The molecule has 1 aliphatic heterocycles. The van der Waals surface area contributed by atoms with Crippen molar-refractivity contribution in [3.63, 3.8) is 0 Å². The number of nitrogens with zero attached hydrogens (tertiary/aromatic N) is 3. The van der Waals surface area contributed by atoms with Crippen LogP contribution in [0, 0.1) is 0 Å². The molecule has 130 valence electrons.